The number of hydrogen-bond acceptors (Lipinski definition) is 2. The van der Waals surface area contributed by atoms with Crippen LogP contribution >= 0.6 is 0 Å². The maximum atomic E-state index is 8.95. The van der Waals surface area contributed by atoms with E-state index in [2.05, 4.69) is 47.4 Å². The standard InChI is InChI=1S/C19H16O2/c1-4-6-8-10-17-14-16(3)15-18(11-9-7-5-2)19(17)21-13-12-20/h14-15,20H,12-13H2,1-3H3. The van der Waals surface area contributed by atoms with E-state index in [0.717, 1.165) is 5.56 Å². The van der Waals surface area contributed by atoms with Crippen LogP contribution in [0.2, 0.25) is 0 Å². The van der Waals surface area contributed by atoms with Crippen molar-refractivity contribution >= 4 is 0 Å². The second-order valence-electron chi connectivity index (χ2n) is 4.01. The molecule has 1 N–H and O–H groups in total. The van der Waals surface area contributed by atoms with Crippen molar-refractivity contribution in [2.45, 2.75) is 20.8 Å². The van der Waals surface area contributed by atoms with Gasteiger partial charge in [0.1, 0.15) is 6.61 Å². The van der Waals surface area contributed by atoms with Crippen LogP contribution in [-0.2, 0) is 0 Å². The van der Waals surface area contributed by atoms with Crippen molar-refractivity contribution in [3.8, 4) is 53.1 Å². The third kappa shape index (κ3) is 5.38. The Hall–Kier alpha value is -2.78. The van der Waals surface area contributed by atoms with E-state index >= 15 is 0 Å². The largest absolute Gasteiger partial charge is 0.489 e. The molecule has 0 aromatic heterocycles. The van der Waals surface area contributed by atoms with Crippen LogP contribution < -0.4 is 4.74 Å². The maximum absolute atomic E-state index is 8.95. The van der Waals surface area contributed by atoms with Gasteiger partial charge in [0.15, 0.2) is 5.75 Å². The van der Waals surface area contributed by atoms with Gasteiger partial charge in [-0.15, -0.1) is 0 Å². The lowest BCUT2D eigenvalue weighted by Crippen LogP contribution is -2.05. The number of aliphatic hydroxyl groups is 1. The number of hydrogen-bond donors (Lipinski definition) is 1. The SMILES string of the molecule is CC#CC#Cc1cc(C)cc(C#CC#CC)c1OCCO. The Labute approximate surface area is 126 Å². The second kappa shape index (κ2) is 9.18. The van der Waals surface area contributed by atoms with Gasteiger partial charge in [0.2, 0.25) is 0 Å². The van der Waals surface area contributed by atoms with Crippen molar-refractivity contribution in [2.75, 3.05) is 13.2 Å². The lowest BCUT2D eigenvalue weighted by Gasteiger charge is -2.10. The van der Waals surface area contributed by atoms with Gasteiger partial charge in [-0.05, 0) is 74.0 Å². The summed E-state index contributed by atoms with van der Waals surface area (Å²) in [5, 5.41) is 8.95. The lowest BCUT2D eigenvalue weighted by molar-refractivity contribution is 0.201. The minimum atomic E-state index is -0.0723. The molecule has 0 saturated heterocycles. The first-order chi connectivity index (χ1) is 10.2. The van der Waals surface area contributed by atoms with Crippen LogP contribution in [0.25, 0.3) is 0 Å². The molecule has 0 radical (unpaired) electrons. The molecular formula is C19H16O2. The van der Waals surface area contributed by atoms with Crippen LogP contribution in [-0.4, -0.2) is 18.3 Å². The summed E-state index contributed by atoms with van der Waals surface area (Å²) in [5.74, 6) is 22.8. The van der Waals surface area contributed by atoms with Crippen molar-refractivity contribution in [3.63, 3.8) is 0 Å². The normalized spacial score (nSPS) is 7.81. The first kappa shape index (κ1) is 16.3. The van der Waals surface area contributed by atoms with Gasteiger partial charge in [-0.2, -0.15) is 0 Å². The van der Waals surface area contributed by atoms with E-state index in [-0.39, 0.29) is 13.2 Å². The molecule has 0 fully saturated rings. The highest BCUT2D eigenvalue weighted by Crippen LogP contribution is 2.25. The van der Waals surface area contributed by atoms with Gasteiger partial charge in [-0.25, -0.2) is 0 Å². The molecule has 2 nitrogen and oxygen atoms in total. The van der Waals surface area contributed by atoms with E-state index in [4.69, 9.17) is 9.84 Å². The summed E-state index contributed by atoms with van der Waals surface area (Å²) in [6, 6.07) is 3.82. The molecule has 0 bridgehead atoms. The Balaban J connectivity index is 3.39. The fourth-order valence-electron chi connectivity index (χ4n) is 1.58. The number of rotatable bonds is 3. The summed E-state index contributed by atoms with van der Waals surface area (Å²) in [6.07, 6.45) is 0. The van der Waals surface area contributed by atoms with E-state index in [1.165, 1.54) is 0 Å². The van der Waals surface area contributed by atoms with Crippen LogP contribution in [0.4, 0.5) is 0 Å². The van der Waals surface area contributed by atoms with E-state index in [0.29, 0.717) is 16.9 Å². The quantitative estimate of drug-likeness (QED) is 0.857. The molecule has 0 aliphatic rings. The molecule has 0 aliphatic heterocycles. The first-order valence-electron chi connectivity index (χ1n) is 6.46. The number of aryl methyl sites for hydroxylation is 1. The number of benzene rings is 1. The van der Waals surface area contributed by atoms with Gasteiger partial charge in [-0.3, -0.25) is 0 Å². The third-order valence-corrected chi connectivity index (χ3v) is 2.34. The van der Waals surface area contributed by atoms with Crippen LogP contribution in [0.5, 0.6) is 5.75 Å². The van der Waals surface area contributed by atoms with E-state index in [1.54, 1.807) is 13.8 Å². The predicted octanol–water partition coefficient (Wildman–Crippen LogP) is 2.12. The molecule has 0 amide bonds. The fourth-order valence-corrected chi connectivity index (χ4v) is 1.58. The highest BCUT2D eigenvalue weighted by molar-refractivity contribution is 5.60. The van der Waals surface area contributed by atoms with Crippen LogP contribution in [0, 0.1) is 54.3 Å². The molecule has 0 aliphatic carbocycles. The van der Waals surface area contributed by atoms with Crippen LogP contribution in [0.15, 0.2) is 12.1 Å². The summed E-state index contributed by atoms with van der Waals surface area (Å²) in [5.41, 5.74) is 2.44. The minimum Gasteiger partial charge on any atom is -0.489 e. The average Bonchev–Trinajstić information content (AvgIpc) is 2.47. The maximum Gasteiger partial charge on any atom is 0.150 e. The topological polar surface area (TPSA) is 29.5 Å². The monoisotopic (exact) mass is 276 g/mol. The number of ether oxygens (including phenoxy) is 1. The van der Waals surface area contributed by atoms with Crippen molar-refractivity contribution < 1.29 is 9.84 Å². The molecule has 104 valence electrons. The zero-order valence-electron chi connectivity index (χ0n) is 12.4. The highest BCUT2D eigenvalue weighted by Gasteiger charge is 2.08. The Bertz CT molecular complexity index is 683. The van der Waals surface area contributed by atoms with Gasteiger partial charge in [-0.1, -0.05) is 11.8 Å². The molecule has 0 saturated carbocycles. The predicted molar refractivity (Wildman–Crippen MR) is 84.4 cm³/mol. The molecule has 2 heteroatoms. The summed E-state index contributed by atoms with van der Waals surface area (Å²) in [7, 11) is 0. The molecule has 1 aromatic rings. The van der Waals surface area contributed by atoms with Crippen molar-refractivity contribution in [2.24, 2.45) is 0 Å². The Morgan fingerprint density at radius 3 is 1.90 bits per heavy atom. The molecule has 0 heterocycles. The summed E-state index contributed by atoms with van der Waals surface area (Å²) in [4.78, 5) is 0. The van der Waals surface area contributed by atoms with E-state index in [9.17, 15) is 0 Å². The third-order valence-electron chi connectivity index (χ3n) is 2.34. The molecule has 0 unspecified atom stereocenters. The average molecular weight is 276 g/mol. The van der Waals surface area contributed by atoms with Gasteiger partial charge in [0, 0.05) is 0 Å². The molecule has 0 spiro atoms. The number of aliphatic hydroxyl groups excluding tert-OH is 1. The van der Waals surface area contributed by atoms with Crippen molar-refractivity contribution in [1.82, 2.24) is 0 Å². The fraction of sp³-hybridized carbons (Fsp3) is 0.263. The first-order valence-corrected chi connectivity index (χ1v) is 6.46. The lowest BCUT2D eigenvalue weighted by atomic mass is 10.0. The molecule has 0 atom stereocenters. The van der Waals surface area contributed by atoms with E-state index < -0.39 is 0 Å². The van der Waals surface area contributed by atoms with Gasteiger partial charge in [0.05, 0.1) is 17.7 Å². The summed E-state index contributed by atoms with van der Waals surface area (Å²) in [6.45, 7) is 5.54. The Kier molecular flexibility index (Phi) is 7.11. The summed E-state index contributed by atoms with van der Waals surface area (Å²) < 4.78 is 5.58. The van der Waals surface area contributed by atoms with Crippen LogP contribution in [0.3, 0.4) is 0 Å². The zero-order chi connectivity index (χ0) is 15.5. The van der Waals surface area contributed by atoms with Crippen molar-refractivity contribution in [3.05, 3.63) is 28.8 Å². The second-order valence-corrected chi connectivity index (χ2v) is 4.01. The van der Waals surface area contributed by atoms with Gasteiger partial charge < -0.3 is 9.84 Å². The molecule has 21 heavy (non-hydrogen) atoms. The van der Waals surface area contributed by atoms with Crippen LogP contribution in [0.1, 0.15) is 30.5 Å². The molecule has 1 rings (SSSR count). The van der Waals surface area contributed by atoms with Gasteiger partial charge >= 0.3 is 0 Å². The smallest absolute Gasteiger partial charge is 0.150 e. The zero-order valence-corrected chi connectivity index (χ0v) is 12.4. The van der Waals surface area contributed by atoms with Crippen molar-refractivity contribution in [1.29, 1.82) is 0 Å². The Morgan fingerprint density at radius 1 is 0.952 bits per heavy atom. The summed E-state index contributed by atoms with van der Waals surface area (Å²) >= 11 is 0. The van der Waals surface area contributed by atoms with E-state index in [1.807, 2.05) is 19.1 Å². The molecule has 1 aromatic carbocycles. The van der Waals surface area contributed by atoms with Gasteiger partial charge in [0.25, 0.3) is 0 Å². The Morgan fingerprint density at radius 2 is 1.48 bits per heavy atom. The molecular weight excluding hydrogens is 260 g/mol. The minimum absolute atomic E-state index is 0.0723. The highest BCUT2D eigenvalue weighted by atomic mass is 16.5.